The van der Waals surface area contributed by atoms with Crippen molar-refractivity contribution in [2.75, 3.05) is 13.6 Å². The zero-order chi connectivity index (χ0) is 16.9. The maximum atomic E-state index is 12.5. The molecule has 0 spiro atoms. The van der Waals surface area contributed by atoms with Crippen LogP contribution in [-0.4, -0.2) is 31.0 Å². The molecule has 1 aliphatic carbocycles. The smallest absolute Gasteiger partial charge is 0.397 e. The van der Waals surface area contributed by atoms with E-state index in [1.807, 2.05) is 6.08 Å². The van der Waals surface area contributed by atoms with Gasteiger partial charge in [0, 0.05) is 18.5 Å². The van der Waals surface area contributed by atoms with Crippen molar-refractivity contribution in [3.05, 3.63) is 46.8 Å². The molecule has 22 heavy (non-hydrogen) atoms. The van der Waals surface area contributed by atoms with E-state index in [9.17, 15) is 18.0 Å². The van der Waals surface area contributed by atoms with Gasteiger partial charge in [0.15, 0.2) is 0 Å². The van der Waals surface area contributed by atoms with Crippen LogP contribution in [-0.2, 0) is 4.79 Å². The second-order valence-electron chi connectivity index (χ2n) is 5.39. The van der Waals surface area contributed by atoms with Crippen molar-refractivity contribution in [1.29, 1.82) is 0 Å². The number of halogens is 3. The van der Waals surface area contributed by atoms with Gasteiger partial charge < -0.3 is 15.4 Å². The number of nitrogens with zero attached hydrogens (tertiary/aromatic N) is 1. The lowest BCUT2D eigenvalue weighted by Crippen LogP contribution is -2.26. The highest BCUT2D eigenvalue weighted by atomic mass is 19.4. The highest BCUT2D eigenvalue weighted by Crippen LogP contribution is 2.27. The SMILES string of the molecule is CC(=C\C1C=C(N)C(N(C)CC=O)=CC1)/C=C(\C)C(F)(F)F. The number of likely N-dealkylation sites (N-methyl/N-ethyl adjacent to an activating group) is 1. The van der Waals surface area contributed by atoms with Gasteiger partial charge >= 0.3 is 6.18 Å². The second kappa shape index (κ2) is 7.33. The highest BCUT2D eigenvalue weighted by molar-refractivity contribution is 5.53. The molecule has 0 aliphatic heterocycles. The molecule has 0 saturated heterocycles. The Balaban J connectivity index is 2.83. The van der Waals surface area contributed by atoms with Crippen LogP contribution in [0.4, 0.5) is 13.2 Å². The molecule has 2 N–H and O–H groups in total. The van der Waals surface area contributed by atoms with Crippen molar-refractivity contribution in [1.82, 2.24) is 4.90 Å². The molecule has 0 saturated carbocycles. The van der Waals surface area contributed by atoms with E-state index >= 15 is 0 Å². The van der Waals surface area contributed by atoms with Crippen molar-refractivity contribution in [2.24, 2.45) is 11.7 Å². The van der Waals surface area contributed by atoms with E-state index < -0.39 is 11.7 Å². The largest absolute Gasteiger partial charge is 0.412 e. The van der Waals surface area contributed by atoms with Crippen LogP contribution in [0.25, 0.3) is 0 Å². The van der Waals surface area contributed by atoms with Gasteiger partial charge in [-0.2, -0.15) is 13.2 Å². The Hall–Kier alpha value is -1.98. The topological polar surface area (TPSA) is 46.3 Å². The summed E-state index contributed by atoms with van der Waals surface area (Å²) in [6.07, 6.45) is 3.70. The van der Waals surface area contributed by atoms with Crippen LogP contribution in [0.5, 0.6) is 0 Å². The fraction of sp³-hybridized carbons (Fsp3) is 0.438. The Labute approximate surface area is 128 Å². The maximum absolute atomic E-state index is 12.5. The summed E-state index contributed by atoms with van der Waals surface area (Å²) >= 11 is 0. The molecule has 6 heteroatoms. The van der Waals surface area contributed by atoms with Crippen LogP contribution in [0.1, 0.15) is 20.3 Å². The molecule has 0 bridgehead atoms. The molecule has 3 nitrogen and oxygen atoms in total. The molecular weight excluding hydrogens is 293 g/mol. The zero-order valence-corrected chi connectivity index (χ0v) is 12.9. The Morgan fingerprint density at radius 3 is 2.59 bits per heavy atom. The standard InChI is InChI=1S/C16H21F3N2O/c1-11(8-12(2)16(17,18)19)9-13-4-5-15(14(20)10-13)21(3)6-7-22/h5,7-10,13H,4,6,20H2,1-3H3/b11-9+,12-8+. The van der Waals surface area contributed by atoms with Gasteiger partial charge in [-0.15, -0.1) is 0 Å². The van der Waals surface area contributed by atoms with E-state index in [0.717, 1.165) is 25.0 Å². The minimum absolute atomic E-state index is 0.0503. The number of allylic oxidation sites excluding steroid dienone is 6. The van der Waals surface area contributed by atoms with E-state index in [-0.39, 0.29) is 12.5 Å². The summed E-state index contributed by atoms with van der Waals surface area (Å²) in [5.74, 6) is -0.0503. The Morgan fingerprint density at radius 1 is 1.45 bits per heavy atom. The van der Waals surface area contributed by atoms with E-state index in [0.29, 0.717) is 17.7 Å². The molecule has 0 fully saturated rings. The first-order chi connectivity index (χ1) is 10.1. The third kappa shape index (κ3) is 5.09. The number of carbonyl (C=O) groups is 1. The zero-order valence-electron chi connectivity index (χ0n) is 12.9. The lowest BCUT2D eigenvalue weighted by molar-refractivity contribution is -0.108. The van der Waals surface area contributed by atoms with Crippen LogP contribution in [0, 0.1) is 5.92 Å². The number of rotatable bonds is 5. The van der Waals surface area contributed by atoms with Gasteiger partial charge in [-0.25, -0.2) is 0 Å². The summed E-state index contributed by atoms with van der Waals surface area (Å²) < 4.78 is 37.5. The van der Waals surface area contributed by atoms with Crippen molar-refractivity contribution in [2.45, 2.75) is 26.4 Å². The molecular formula is C16H21F3N2O. The van der Waals surface area contributed by atoms with Crippen molar-refractivity contribution in [3.8, 4) is 0 Å². The third-order valence-electron chi connectivity index (χ3n) is 3.40. The van der Waals surface area contributed by atoms with E-state index in [4.69, 9.17) is 5.73 Å². The van der Waals surface area contributed by atoms with Crippen LogP contribution >= 0.6 is 0 Å². The summed E-state index contributed by atoms with van der Waals surface area (Å²) in [6, 6.07) is 0. The number of carbonyl (C=O) groups excluding carboxylic acids is 1. The first-order valence-corrected chi connectivity index (χ1v) is 6.91. The normalized spacial score (nSPS) is 20.4. The number of nitrogens with two attached hydrogens (primary N) is 1. The lowest BCUT2D eigenvalue weighted by atomic mass is 9.94. The first-order valence-electron chi connectivity index (χ1n) is 6.91. The summed E-state index contributed by atoms with van der Waals surface area (Å²) in [5, 5.41) is 0. The summed E-state index contributed by atoms with van der Waals surface area (Å²) in [6.45, 7) is 2.93. The fourth-order valence-electron chi connectivity index (χ4n) is 2.26. The highest BCUT2D eigenvalue weighted by Gasteiger charge is 2.29. The molecule has 1 unspecified atom stereocenters. The van der Waals surface area contributed by atoms with E-state index in [1.54, 1.807) is 31.0 Å². The van der Waals surface area contributed by atoms with Gasteiger partial charge in [0.2, 0.25) is 0 Å². The van der Waals surface area contributed by atoms with Crippen LogP contribution < -0.4 is 5.73 Å². The average Bonchev–Trinajstić information content (AvgIpc) is 2.37. The van der Waals surface area contributed by atoms with Crippen molar-refractivity contribution >= 4 is 6.29 Å². The molecule has 0 aromatic rings. The monoisotopic (exact) mass is 314 g/mol. The molecule has 0 heterocycles. The van der Waals surface area contributed by atoms with Gasteiger partial charge in [-0.1, -0.05) is 29.9 Å². The van der Waals surface area contributed by atoms with Gasteiger partial charge in [-0.3, -0.25) is 0 Å². The number of aldehydes is 1. The Bertz CT molecular complexity index is 542. The van der Waals surface area contributed by atoms with Gasteiger partial charge in [-0.05, 0) is 20.3 Å². The summed E-state index contributed by atoms with van der Waals surface area (Å²) in [4.78, 5) is 12.3. The number of hydrogen-bond acceptors (Lipinski definition) is 3. The molecule has 0 aromatic carbocycles. The van der Waals surface area contributed by atoms with Crippen molar-refractivity contribution in [3.63, 3.8) is 0 Å². The molecule has 0 aromatic heterocycles. The number of hydrogen-bond donors (Lipinski definition) is 1. The predicted octanol–water partition coefficient (Wildman–Crippen LogP) is 3.32. The first kappa shape index (κ1) is 18.1. The predicted molar refractivity (Wildman–Crippen MR) is 80.7 cm³/mol. The Morgan fingerprint density at radius 2 is 2.09 bits per heavy atom. The molecule has 0 amide bonds. The fourth-order valence-corrected chi connectivity index (χ4v) is 2.26. The van der Waals surface area contributed by atoms with Gasteiger partial charge in [0.25, 0.3) is 0 Å². The molecule has 1 aliphatic rings. The minimum Gasteiger partial charge on any atom is -0.397 e. The lowest BCUT2D eigenvalue weighted by Gasteiger charge is -2.25. The molecule has 0 radical (unpaired) electrons. The van der Waals surface area contributed by atoms with E-state index in [1.165, 1.54) is 0 Å². The minimum atomic E-state index is -4.30. The molecule has 1 atom stereocenters. The summed E-state index contributed by atoms with van der Waals surface area (Å²) in [5.41, 5.74) is 7.18. The van der Waals surface area contributed by atoms with Gasteiger partial charge in [0.05, 0.1) is 17.9 Å². The maximum Gasteiger partial charge on any atom is 0.412 e. The van der Waals surface area contributed by atoms with Crippen molar-refractivity contribution < 1.29 is 18.0 Å². The van der Waals surface area contributed by atoms with Crippen LogP contribution in [0.15, 0.2) is 46.8 Å². The number of alkyl halides is 3. The summed E-state index contributed by atoms with van der Waals surface area (Å²) in [7, 11) is 1.76. The Kier molecular flexibility index (Phi) is 6.02. The van der Waals surface area contributed by atoms with Gasteiger partial charge in [0.1, 0.15) is 6.29 Å². The van der Waals surface area contributed by atoms with Crippen LogP contribution in [0.2, 0.25) is 0 Å². The average molecular weight is 314 g/mol. The molecule has 122 valence electrons. The molecule has 1 rings (SSSR count). The quantitative estimate of drug-likeness (QED) is 0.625. The second-order valence-corrected chi connectivity index (χ2v) is 5.39. The third-order valence-corrected chi connectivity index (χ3v) is 3.40. The van der Waals surface area contributed by atoms with E-state index in [2.05, 4.69) is 0 Å². The van der Waals surface area contributed by atoms with Crippen LogP contribution in [0.3, 0.4) is 0 Å².